The lowest BCUT2D eigenvalue weighted by molar-refractivity contribution is 1.19. The first-order chi connectivity index (χ1) is 7.34. The summed E-state index contributed by atoms with van der Waals surface area (Å²) < 4.78 is 0. The summed E-state index contributed by atoms with van der Waals surface area (Å²) in [5.41, 5.74) is 5.54. The number of hydrogen-bond donors (Lipinski definition) is 3. The lowest BCUT2D eigenvalue weighted by Crippen LogP contribution is -2.14. The summed E-state index contributed by atoms with van der Waals surface area (Å²) in [5.74, 6) is 1.27. The summed E-state index contributed by atoms with van der Waals surface area (Å²) in [4.78, 5) is 17.6. The highest BCUT2D eigenvalue weighted by molar-refractivity contribution is 5.43. The normalized spacial score (nSPS) is 9.60. The second kappa shape index (κ2) is 4.28. The predicted octanol–water partition coefficient (Wildman–Crippen LogP) is 1.21. The summed E-state index contributed by atoms with van der Waals surface area (Å²) in [6.07, 6.45) is 1.68. The van der Waals surface area contributed by atoms with Gasteiger partial charge < -0.3 is 4.98 Å². The molecule has 0 bridgehead atoms. The molecular weight excluding hydrogens is 192 g/mol. The molecule has 3 N–H and O–H groups in total. The molecule has 0 saturated carbocycles. The van der Waals surface area contributed by atoms with Crippen molar-refractivity contribution >= 4 is 11.6 Å². The van der Waals surface area contributed by atoms with Crippen LogP contribution >= 0.6 is 0 Å². The van der Waals surface area contributed by atoms with Gasteiger partial charge in [0.2, 0.25) is 5.56 Å². The molecule has 0 aliphatic carbocycles. The van der Waals surface area contributed by atoms with E-state index in [1.165, 1.54) is 6.07 Å². The van der Waals surface area contributed by atoms with Crippen molar-refractivity contribution in [1.82, 2.24) is 9.97 Å². The molecular formula is C10H10N4O. The maximum absolute atomic E-state index is 11.0. The number of hydrogen-bond acceptors (Lipinski definition) is 4. The fourth-order valence-electron chi connectivity index (χ4n) is 1.09. The van der Waals surface area contributed by atoms with Crippen molar-refractivity contribution in [3.05, 3.63) is 52.9 Å². The number of hydrazine groups is 1. The number of anilines is 2. The first-order valence-electron chi connectivity index (χ1n) is 4.47. The first kappa shape index (κ1) is 9.26. The maximum Gasteiger partial charge on any atom is 0.249 e. The molecule has 0 aliphatic heterocycles. The van der Waals surface area contributed by atoms with Gasteiger partial charge in [0.15, 0.2) is 0 Å². The Kier molecular flexibility index (Phi) is 2.64. The van der Waals surface area contributed by atoms with E-state index in [0.717, 1.165) is 0 Å². The van der Waals surface area contributed by atoms with Crippen LogP contribution in [0.25, 0.3) is 0 Å². The van der Waals surface area contributed by atoms with Crippen LogP contribution in [-0.4, -0.2) is 9.97 Å². The third-order valence-corrected chi connectivity index (χ3v) is 1.76. The number of rotatable bonds is 3. The Morgan fingerprint density at radius 1 is 1.07 bits per heavy atom. The molecule has 0 amide bonds. The maximum atomic E-state index is 11.0. The lowest BCUT2D eigenvalue weighted by Gasteiger charge is -2.07. The second-order valence-corrected chi connectivity index (χ2v) is 2.89. The molecule has 0 atom stereocenters. The SMILES string of the molecule is O=c1cccc(NNc2ccccn2)[nH]1. The molecule has 15 heavy (non-hydrogen) atoms. The molecule has 5 heteroatoms. The number of pyridine rings is 2. The van der Waals surface area contributed by atoms with Crippen LogP contribution in [0.4, 0.5) is 11.6 Å². The molecule has 5 nitrogen and oxygen atoms in total. The van der Waals surface area contributed by atoms with Crippen LogP contribution in [0, 0.1) is 0 Å². The number of nitrogens with one attached hydrogen (secondary N) is 3. The number of aromatic nitrogens is 2. The molecule has 76 valence electrons. The van der Waals surface area contributed by atoms with E-state index in [2.05, 4.69) is 20.8 Å². The minimum Gasteiger partial charge on any atom is -0.308 e. The first-order valence-corrected chi connectivity index (χ1v) is 4.47. The molecule has 2 rings (SSSR count). The van der Waals surface area contributed by atoms with Crippen molar-refractivity contribution in [2.75, 3.05) is 10.9 Å². The minimum absolute atomic E-state index is 0.150. The fourth-order valence-corrected chi connectivity index (χ4v) is 1.09. The number of H-pyrrole nitrogens is 1. The zero-order valence-corrected chi connectivity index (χ0v) is 7.90. The fraction of sp³-hybridized carbons (Fsp3) is 0. The van der Waals surface area contributed by atoms with Crippen LogP contribution in [0.3, 0.4) is 0 Å². The molecule has 0 aromatic carbocycles. The predicted molar refractivity (Wildman–Crippen MR) is 58.5 cm³/mol. The quantitative estimate of drug-likeness (QED) is 0.654. The van der Waals surface area contributed by atoms with Crippen molar-refractivity contribution in [1.29, 1.82) is 0 Å². The van der Waals surface area contributed by atoms with Crippen LogP contribution in [-0.2, 0) is 0 Å². The van der Waals surface area contributed by atoms with Crippen LogP contribution in [0.2, 0.25) is 0 Å². The highest BCUT2D eigenvalue weighted by Gasteiger charge is 1.92. The molecule has 2 aromatic heterocycles. The van der Waals surface area contributed by atoms with Gasteiger partial charge in [-0.1, -0.05) is 12.1 Å². The Morgan fingerprint density at radius 3 is 2.73 bits per heavy atom. The highest BCUT2D eigenvalue weighted by atomic mass is 16.1. The minimum atomic E-state index is -0.150. The van der Waals surface area contributed by atoms with E-state index in [4.69, 9.17) is 0 Å². The van der Waals surface area contributed by atoms with E-state index in [9.17, 15) is 4.79 Å². The molecule has 0 aliphatic rings. The van der Waals surface area contributed by atoms with Crippen LogP contribution in [0.5, 0.6) is 0 Å². The van der Waals surface area contributed by atoms with Gasteiger partial charge in [0, 0.05) is 12.3 Å². The van der Waals surface area contributed by atoms with Crippen molar-refractivity contribution in [2.24, 2.45) is 0 Å². The van der Waals surface area contributed by atoms with Gasteiger partial charge in [0.1, 0.15) is 11.6 Å². The molecule has 0 unspecified atom stereocenters. The van der Waals surface area contributed by atoms with E-state index in [-0.39, 0.29) is 5.56 Å². The Labute approximate surface area is 86.2 Å². The Bertz CT molecular complexity index is 480. The zero-order valence-electron chi connectivity index (χ0n) is 7.90. The largest absolute Gasteiger partial charge is 0.308 e. The Morgan fingerprint density at radius 2 is 2.00 bits per heavy atom. The molecule has 0 fully saturated rings. The molecule has 0 spiro atoms. The Hall–Kier alpha value is -2.30. The molecule has 0 radical (unpaired) electrons. The number of aromatic amines is 1. The average Bonchev–Trinajstić information content (AvgIpc) is 2.28. The molecule has 2 aromatic rings. The summed E-state index contributed by atoms with van der Waals surface area (Å²) >= 11 is 0. The average molecular weight is 202 g/mol. The van der Waals surface area contributed by atoms with Gasteiger partial charge >= 0.3 is 0 Å². The summed E-state index contributed by atoms with van der Waals surface area (Å²) in [7, 11) is 0. The van der Waals surface area contributed by atoms with Gasteiger partial charge in [-0.15, -0.1) is 0 Å². The van der Waals surface area contributed by atoms with E-state index >= 15 is 0 Å². The lowest BCUT2D eigenvalue weighted by atomic mass is 10.4. The summed E-state index contributed by atoms with van der Waals surface area (Å²) in [5, 5.41) is 0. The van der Waals surface area contributed by atoms with Crippen LogP contribution in [0.15, 0.2) is 47.4 Å². The third kappa shape index (κ3) is 2.57. The van der Waals surface area contributed by atoms with Gasteiger partial charge in [0.25, 0.3) is 0 Å². The van der Waals surface area contributed by atoms with Gasteiger partial charge in [-0.25, -0.2) is 4.98 Å². The smallest absolute Gasteiger partial charge is 0.249 e. The van der Waals surface area contributed by atoms with Crippen LogP contribution < -0.4 is 16.4 Å². The van der Waals surface area contributed by atoms with Gasteiger partial charge in [-0.2, -0.15) is 0 Å². The standard InChI is InChI=1S/C10H10N4O/c15-10-6-3-5-9(12-10)14-13-8-4-1-2-7-11-8/h1-7H,(H,11,13)(H2,12,14,15). The summed E-state index contributed by atoms with van der Waals surface area (Å²) in [6.45, 7) is 0. The highest BCUT2D eigenvalue weighted by Crippen LogP contribution is 2.01. The zero-order chi connectivity index (χ0) is 10.5. The second-order valence-electron chi connectivity index (χ2n) is 2.89. The summed E-state index contributed by atoms with van der Waals surface area (Å²) in [6, 6.07) is 10.4. The van der Waals surface area contributed by atoms with E-state index < -0.39 is 0 Å². The van der Waals surface area contributed by atoms with E-state index in [0.29, 0.717) is 11.6 Å². The van der Waals surface area contributed by atoms with Crippen molar-refractivity contribution < 1.29 is 0 Å². The van der Waals surface area contributed by atoms with Gasteiger partial charge in [-0.3, -0.25) is 15.6 Å². The van der Waals surface area contributed by atoms with Crippen molar-refractivity contribution in [2.45, 2.75) is 0 Å². The van der Waals surface area contributed by atoms with Gasteiger partial charge in [0.05, 0.1) is 0 Å². The van der Waals surface area contributed by atoms with Crippen molar-refractivity contribution in [3.63, 3.8) is 0 Å². The number of nitrogens with zero attached hydrogens (tertiary/aromatic N) is 1. The van der Waals surface area contributed by atoms with Gasteiger partial charge in [-0.05, 0) is 18.2 Å². The Balaban J connectivity index is 2.02. The third-order valence-electron chi connectivity index (χ3n) is 1.76. The van der Waals surface area contributed by atoms with Crippen LogP contribution in [0.1, 0.15) is 0 Å². The van der Waals surface area contributed by atoms with E-state index in [1.807, 2.05) is 18.2 Å². The molecule has 0 saturated heterocycles. The van der Waals surface area contributed by atoms with E-state index in [1.54, 1.807) is 18.3 Å². The van der Waals surface area contributed by atoms with Crippen molar-refractivity contribution in [3.8, 4) is 0 Å². The topological polar surface area (TPSA) is 69.8 Å². The monoisotopic (exact) mass is 202 g/mol. The molecule has 2 heterocycles.